The maximum absolute atomic E-state index is 11.3. The van der Waals surface area contributed by atoms with E-state index in [1.54, 1.807) is 0 Å². The van der Waals surface area contributed by atoms with Crippen molar-refractivity contribution in [1.82, 2.24) is 4.57 Å². The minimum atomic E-state index is -0.363. The number of para-hydroxylation sites is 1. The van der Waals surface area contributed by atoms with E-state index in [1.807, 2.05) is 18.3 Å². The lowest BCUT2D eigenvalue weighted by Crippen LogP contribution is -2.05. The van der Waals surface area contributed by atoms with Crippen molar-refractivity contribution in [3.05, 3.63) is 35.5 Å². The first-order valence-corrected chi connectivity index (χ1v) is 5.46. The number of benzene rings is 1. The van der Waals surface area contributed by atoms with Crippen molar-refractivity contribution in [3.8, 4) is 0 Å². The van der Waals surface area contributed by atoms with Crippen molar-refractivity contribution >= 4 is 27.7 Å². The molecule has 2 nitrogen and oxygen atoms in total. The summed E-state index contributed by atoms with van der Waals surface area (Å²) in [5.41, 5.74) is 3.14. The molecule has 2 heterocycles. The summed E-state index contributed by atoms with van der Waals surface area (Å²) in [6.07, 6.45) is 4.11. The van der Waals surface area contributed by atoms with E-state index in [0.29, 0.717) is 5.56 Å². The molecule has 0 bridgehead atoms. The zero-order valence-electron chi connectivity index (χ0n) is 8.16. The van der Waals surface area contributed by atoms with E-state index in [9.17, 15) is 4.79 Å². The van der Waals surface area contributed by atoms with Crippen molar-refractivity contribution in [1.29, 1.82) is 0 Å². The molecule has 3 heteroatoms. The normalized spacial score (nSPS) is 14.5. The summed E-state index contributed by atoms with van der Waals surface area (Å²) in [5.74, 6) is 0. The topological polar surface area (TPSA) is 22.0 Å². The molecule has 0 saturated carbocycles. The first-order chi connectivity index (χ1) is 7.27. The average Bonchev–Trinajstić information content (AvgIpc) is 2.61. The predicted molar refractivity (Wildman–Crippen MR) is 60.4 cm³/mol. The van der Waals surface area contributed by atoms with Gasteiger partial charge in [-0.15, -0.1) is 0 Å². The smallest absolute Gasteiger partial charge is 0.254 e. The molecule has 0 fully saturated rings. The number of aromatic nitrogens is 1. The van der Waals surface area contributed by atoms with Crippen LogP contribution in [-0.4, -0.2) is 9.81 Å². The van der Waals surface area contributed by atoms with E-state index in [4.69, 9.17) is 11.6 Å². The molecule has 0 radical (unpaired) electrons. The number of hydrogen-bond acceptors (Lipinski definition) is 1. The monoisotopic (exact) mass is 219 g/mol. The summed E-state index contributed by atoms with van der Waals surface area (Å²) < 4.78 is 2.14. The van der Waals surface area contributed by atoms with E-state index in [2.05, 4.69) is 10.6 Å². The molecule has 1 aromatic carbocycles. The molecule has 0 unspecified atom stereocenters. The van der Waals surface area contributed by atoms with Gasteiger partial charge in [0.25, 0.3) is 5.24 Å². The van der Waals surface area contributed by atoms with Gasteiger partial charge >= 0.3 is 0 Å². The highest BCUT2D eigenvalue weighted by Crippen LogP contribution is 2.29. The quantitative estimate of drug-likeness (QED) is 0.676. The van der Waals surface area contributed by atoms with Crippen LogP contribution in [0.15, 0.2) is 24.4 Å². The number of hydrogen-bond donors (Lipinski definition) is 0. The van der Waals surface area contributed by atoms with Gasteiger partial charge in [0.1, 0.15) is 0 Å². The third-order valence-corrected chi connectivity index (χ3v) is 3.24. The fraction of sp³-hybridized carbons (Fsp3) is 0.250. The van der Waals surface area contributed by atoms with E-state index in [-0.39, 0.29) is 5.24 Å². The number of rotatable bonds is 1. The van der Waals surface area contributed by atoms with Crippen LogP contribution in [0.2, 0.25) is 0 Å². The number of carbonyl (C=O) groups excluding carboxylic acids is 1. The molecular formula is C12H10ClNO. The Morgan fingerprint density at radius 2 is 2.27 bits per heavy atom. The SMILES string of the molecule is O=C(Cl)c1cn2c3c(cccc13)CCC2. The van der Waals surface area contributed by atoms with Crippen LogP contribution in [0.25, 0.3) is 10.9 Å². The van der Waals surface area contributed by atoms with Crippen LogP contribution >= 0.6 is 11.6 Å². The fourth-order valence-electron chi connectivity index (χ4n) is 2.41. The molecule has 0 spiro atoms. The Hall–Kier alpha value is -1.28. The van der Waals surface area contributed by atoms with E-state index >= 15 is 0 Å². The van der Waals surface area contributed by atoms with Gasteiger partial charge in [0.05, 0.1) is 11.1 Å². The van der Waals surface area contributed by atoms with Gasteiger partial charge in [-0.2, -0.15) is 0 Å². The van der Waals surface area contributed by atoms with Crippen LogP contribution in [0.3, 0.4) is 0 Å². The van der Waals surface area contributed by atoms with Gasteiger partial charge in [-0.3, -0.25) is 4.79 Å². The lowest BCUT2D eigenvalue weighted by atomic mass is 10.0. The Morgan fingerprint density at radius 1 is 1.40 bits per heavy atom. The maximum Gasteiger partial charge on any atom is 0.254 e. The van der Waals surface area contributed by atoms with Crippen molar-refractivity contribution in [2.75, 3.05) is 0 Å². The van der Waals surface area contributed by atoms with Gasteiger partial charge in [0.15, 0.2) is 0 Å². The van der Waals surface area contributed by atoms with Crippen LogP contribution in [0.1, 0.15) is 22.3 Å². The van der Waals surface area contributed by atoms with Gasteiger partial charge in [0, 0.05) is 18.1 Å². The Morgan fingerprint density at radius 3 is 3.07 bits per heavy atom. The Labute approximate surface area is 92.5 Å². The second-order valence-electron chi connectivity index (χ2n) is 3.93. The molecular weight excluding hydrogens is 210 g/mol. The van der Waals surface area contributed by atoms with Gasteiger partial charge in [-0.1, -0.05) is 18.2 Å². The standard InChI is InChI=1S/C12H10ClNO/c13-12(15)10-7-14-6-2-4-8-3-1-5-9(10)11(8)14/h1,3,5,7H,2,4,6H2. The minimum absolute atomic E-state index is 0.363. The van der Waals surface area contributed by atoms with E-state index in [0.717, 1.165) is 24.8 Å². The summed E-state index contributed by atoms with van der Waals surface area (Å²) in [7, 11) is 0. The molecule has 15 heavy (non-hydrogen) atoms. The third kappa shape index (κ3) is 1.21. The molecule has 0 saturated heterocycles. The van der Waals surface area contributed by atoms with E-state index in [1.165, 1.54) is 11.1 Å². The maximum atomic E-state index is 11.3. The summed E-state index contributed by atoms with van der Waals surface area (Å²) in [5, 5.41) is 0.630. The lowest BCUT2D eigenvalue weighted by molar-refractivity contribution is 0.108. The van der Waals surface area contributed by atoms with Crippen LogP contribution in [-0.2, 0) is 13.0 Å². The average molecular weight is 220 g/mol. The van der Waals surface area contributed by atoms with E-state index < -0.39 is 0 Å². The highest BCUT2D eigenvalue weighted by Gasteiger charge is 2.18. The van der Waals surface area contributed by atoms with Crippen LogP contribution < -0.4 is 0 Å². The molecule has 0 amide bonds. The molecule has 3 rings (SSSR count). The third-order valence-electron chi connectivity index (χ3n) is 3.04. The summed E-state index contributed by atoms with van der Waals surface area (Å²) in [4.78, 5) is 11.3. The number of halogens is 1. The fourth-order valence-corrected chi connectivity index (χ4v) is 2.56. The second-order valence-corrected chi connectivity index (χ2v) is 4.27. The molecule has 1 aromatic heterocycles. The highest BCUT2D eigenvalue weighted by molar-refractivity contribution is 6.68. The van der Waals surface area contributed by atoms with Gasteiger partial charge in [0.2, 0.25) is 0 Å². The van der Waals surface area contributed by atoms with Crippen molar-refractivity contribution in [2.24, 2.45) is 0 Å². The summed E-state index contributed by atoms with van der Waals surface area (Å²) >= 11 is 5.57. The van der Waals surface area contributed by atoms with Crippen LogP contribution in [0.4, 0.5) is 0 Å². The molecule has 76 valence electrons. The van der Waals surface area contributed by atoms with Crippen molar-refractivity contribution in [3.63, 3.8) is 0 Å². The van der Waals surface area contributed by atoms with Crippen molar-refractivity contribution in [2.45, 2.75) is 19.4 Å². The van der Waals surface area contributed by atoms with Gasteiger partial charge in [-0.25, -0.2) is 0 Å². The Kier molecular flexibility index (Phi) is 1.86. The second kappa shape index (κ2) is 3.11. The molecule has 2 aromatic rings. The predicted octanol–water partition coefficient (Wildman–Crippen LogP) is 2.97. The molecule has 0 N–H and O–H groups in total. The van der Waals surface area contributed by atoms with Gasteiger partial charge < -0.3 is 4.57 Å². The summed E-state index contributed by atoms with van der Waals surface area (Å²) in [6, 6.07) is 6.09. The van der Waals surface area contributed by atoms with Crippen LogP contribution in [0.5, 0.6) is 0 Å². The zero-order valence-corrected chi connectivity index (χ0v) is 8.92. The zero-order chi connectivity index (χ0) is 10.4. The molecule has 0 atom stereocenters. The first kappa shape index (κ1) is 8.98. The number of aryl methyl sites for hydroxylation is 2. The lowest BCUT2D eigenvalue weighted by Gasteiger charge is -2.14. The summed E-state index contributed by atoms with van der Waals surface area (Å²) in [6.45, 7) is 0.984. The largest absolute Gasteiger partial charge is 0.346 e. The highest BCUT2D eigenvalue weighted by atomic mass is 35.5. The Balaban J connectivity index is 2.43. The minimum Gasteiger partial charge on any atom is -0.346 e. The number of nitrogens with zero attached hydrogens (tertiary/aromatic N) is 1. The molecule has 1 aliphatic heterocycles. The Bertz CT molecular complexity index is 556. The van der Waals surface area contributed by atoms with Gasteiger partial charge in [-0.05, 0) is 30.0 Å². The number of carbonyl (C=O) groups is 1. The molecule has 1 aliphatic rings. The molecule has 0 aliphatic carbocycles. The first-order valence-electron chi connectivity index (χ1n) is 5.08. The van der Waals surface area contributed by atoms with Crippen LogP contribution in [0, 0.1) is 0 Å². The van der Waals surface area contributed by atoms with Crippen molar-refractivity contribution < 1.29 is 4.79 Å².